The number of rotatable bonds is 5. The molecule has 0 atom stereocenters. The maximum atomic E-state index is 12.6. The van der Waals surface area contributed by atoms with Crippen LogP contribution in [0.25, 0.3) is 0 Å². The summed E-state index contributed by atoms with van der Waals surface area (Å²) in [6.07, 6.45) is 0. The number of nitrogens with zero attached hydrogens (tertiary/aromatic N) is 1. The van der Waals surface area contributed by atoms with Gasteiger partial charge in [0.1, 0.15) is 16.4 Å². The highest BCUT2D eigenvalue weighted by Gasteiger charge is 2.27. The van der Waals surface area contributed by atoms with Crippen LogP contribution in [0, 0.1) is 27.7 Å². The predicted molar refractivity (Wildman–Crippen MR) is 83.3 cm³/mol. The van der Waals surface area contributed by atoms with Crippen LogP contribution in [0.5, 0.6) is 0 Å². The lowest BCUT2D eigenvalue weighted by molar-refractivity contribution is 0.494. The number of nitrogens with one attached hydrogen (secondary N) is 2. The highest BCUT2D eigenvalue weighted by atomic mass is 32.2. The van der Waals surface area contributed by atoms with Crippen LogP contribution >= 0.6 is 11.3 Å². The summed E-state index contributed by atoms with van der Waals surface area (Å²) in [4.78, 5) is 5.40. The number of aryl methyl sites for hydroxylation is 4. The van der Waals surface area contributed by atoms with E-state index in [4.69, 9.17) is 4.42 Å². The van der Waals surface area contributed by atoms with E-state index in [1.54, 1.807) is 20.9 Å². The molecular weight excluding hydrogens is 310 g/mol. The summed E-state index contributed by atoms with van der Waals surface area (Å²) in [5.41, 5.74) is 1.47. The molecule has 8 heteroatoms. The number of furan rings is 1. The summed E-state index contributed by atoms with van der Waals surface area (Å²) in [7, 11) is -1.95. The number of thiazole rings is 1. The second kappa shape index (κ2) is 5.78. The Hall–Kier alpha value is -1.38. The lowest BCUT2D eigenvalue weighted by Crippen LogP contribution is -2.17. The van der Waals surface area contributed by atoms with E-state index in [-0.39, 0.29) is 4.90 Å². The Morgan fingerprint density at radius 1 is 1.19 bits per heavy atom. The second-order valence-corrected chi connectivity index (χ2v) is 7.64. The zero-order valence-electron chi connectivity index (χ0n) is 12.7. The van der Waals surface area contributed by atoms with Gasteiger partial charge in [0, 0.05) is 17.0 Å². The Labute approximate surface area is 128 Å². The molecule has 0 aliphatic carbocycles. The van der Waals surface area contributed by atoms with Crippen molar-refractivity contribution in [3.63, 3.8) is 0 Å². The molecule has 2 heterocycles. The first-order chi connectivity index (χ1) is 9.76. The normalized spacial score (nSPS) is 11.9. The maximum absolute atomic E-state index is 12.6. The van der Waals surface area contributed by atoms with Gasteiger partial charge >= 0.3 is 0 Å². The summed E-state index contributed by atoms with van der Waals surface area (Å²) in [6.45, 7) is 7.60. The fourth-order valence-corrected chi connectivity index (χ4v) is 4.62. The monoisotopic (exact) mass is 329 g/mol. The molecule has 0 saturated heterocycles. The Bertz CT molecular complexity index is 740. The zero-order chi connectivity index (χ0) is 15.8. The van der Waals surface area contributed by atoms with Crippen molar-refractivity contribution in [2.24, 2.45) is 0 Å². The van der Waals surface area contributed by atoms with Gasteiger partial charge in [-0.05, 0) is 34.7 Å². The predicted octanol–water partition coefficient (Wildman–Crippen LogP) is 2.49. The minimum absolute atomic E-state index is 0.194. The van der Waals surface area contributed by atoms with Gasteiger partial charge in [0.25, 0.3) is 10.0 Å². The topological polar surface area (TPSA) is 84.2 Å². The molecule has 2 aromatic heterocycles. The van der Waals surface area contributed by atoms with Gasteiger partial charge in [0.2, 0.25) is 0 Å². The third-order valence-corrected chi connectivity index (χ3v) is 5.85. The molecule has 2 rings (SSSR count). The summed E-state index contributed by atoms with van der Waals surface area (Å²) >= 11 is 1.32. The molecule has 0 aliphatic rings. The van der Waals surface area contributed by atoms with Gasteiger partial charge in [-0.2, -0.15) is 0 Å². The van der Waals surface area contributed by atoms with Crippen LogP contribution in [-0.2, 0) is 16.6 Å². The summed E-state index contributed by atoms with van der Waals surface area (Å²) in [6, 6.07) is 0. The van der Waals surface area contributed by atoms with Crippen LogP contribution in [0.2, 0.25) is 0 Å². The van der Waals surface area contributed by atoms with Gasteiger partial charge in [-0.3, -0.25) is 4.72 Å². The van der Waals surface area contributed by atoms with Crippen LogP contribution in [0.4, 0.5) is 5.13 Å². The standard InChI is InChI=1S/C13H19N3O3S2/c1-7-10(4)20-13(15-7)16-21(17,18)12-9(3)19-8(2)11(12)6-14-5/h14H,6H2,1-5H3,(H,15,16). The number of anilines is 1. The summed E-state index contributed by atoms with van der Waals surface area (Å²) < 4.78 is 33.3. The SMILES string of the molecule is CNCc1c(C)oc(C)c1S(=O)(=O)Nc1nc(C)c(C)s1. The molecule has 0 saturated carbocycles. The fourth-order valence-electron chi connectivity index (χ4n) is 2.13. The van der Waals surface area contributed by atoms with Gasteiger partial charge in [0.05, 0.1) is 5.69 Å². The summed E-state index contributed by atoms with van der Waals surface area (Å²) in [5, 5.41) is 3.34. The quantitative estimate of drug-likeness (QED) is 0.880. The largest absolute Gasteiger partial charge is 0.465 e. The lowest BCUT2D eigenvalue weighted by atomic mass is 10.2. The average molecular weight is 329 g/mol. The van der Waals surface area contributed by atoms with E-state index in [0.717, 1.165) is 10.6 Å². The van der Waals surface area contributed by atoms with Crippen molar-refractivity contribution >= 4 is 26.5 Å². The molecule has 0 radical (unpaired) electrons. The highest BCUT2D eigenvalue weighted by molar-refractivity contribution is 7.93. The molecule has 0 fully saturated rings. The zero-order valence-corrected chi connectivity index (χ0v) is 14.3. The molecule has 0 unspecified atom stereocenters. The van der Waals surface area contributed by atoms with Crippen molar-refractivity contribution < 1.29 is 12.8 Å². The van der Waals surface area contributed by atoms with Crippen LogP contribution in [0.15, 0.2) is 9.31 Å². The van der Waals surface area contributed by atoms with Gasteiger partial charge in [-0.15, -0.1) is 11.3 Å². The average Bonchev–Trinajstić information content (AvgIpc) is 2.80. The Morgan fingerprint density at radius 2 is 1.86 bits per heavy atom. The molecule has 0 bridgehead atoms. The first-order valence-electron chi connectivity index (χ1n) is 6.46. The van der Waals surface area contributed by atoms with Gasteiger partial charge in [0.15, 0.2) is 5.13 Å². The molecule has 2 aromatic rings. The van der Waals surface area contributed by atoms with Gasteiger partial charge < -0.3 is 9.73 Å². The van der Waals surface area contributed by atoms with E-state index in [0.29, 0.717) is 28.8 Å². The number of sulfonamides is 1. The van der Waals surface area contributed by atoms with Crippen molar-refractivity contribution in [3.8, 4) is 0 Å². The van der Waals surface area contributed by atoms with Crippen LogP contribution in [0.1, 0.15) is 27.7 Å². The molecule has 116 valence electrons. The molecular formula is C13H19N3O3S2. The molecule has 0 aromatic carbocycles. The third kappa shape index (κ3) is 3.12. The van der Waals surface area contributed by atoms with Crippen LogP contribution in [0.3, 0.4) is 0 Å². The first-order valence-corrected chi connectivity index (χ1v) is 8.76. The van der Waals surface area contributed by atoms with Crippen molar-refractivity contribution in [1.82, 2.24) is 10.3 Å². The Morgan fingerprint density at radius 3 is 2.38 bits per heavy atom. The molecule has 0 spiro atoms. The minimum Gasteiger partial charge on any atom is -0.465 e. The number of hydrogen-bond donors (Lipinski definition) is 2. The van der Waals surface area contributed by atoms with Gasteiger partial charge in [-0.1, -0.05) is 0 Å². The molecule has 6 nitrogen and oxygen atoms in total. The number of hydrogen-bond acceptors (Lipinski definition) is 6. The van der Waals surface area contributed by atoms with E-state index < -0.39 is 10.0 Å². The van der Waals surface area contributed by atoms with Crippen LogP contribution < -0.4 is 10.0 Å². The second-order valence-electron chi connectivity index (χ2n) is 4.82. The Kier molecular flexibility index (Phi) is 4.40. The number of aromatic nitrogens is 1. The van der Waals surface area contributed by atoms with E-state index >= 15 is 0 Å². The van der Waals surface area contributed by atoms with Crippen molar-refractivity contribution in [1.29, 1.82) is 0 Å². The van der Waals surface area contributed by atoms with E-state index in [1.165, 1.54) is 11.3 Å². The third-order valence-electron chi connectivity index (χ3n) is 3.20. The van der Waals surface area contributed by atoms with Crippen molar-refractivity contribution in [2.45, 2.75) is 39.1 Å². The van der Waals surface area contributed by atoms with E-state index in [9.17, 15) is 8.42 Å². The van der Waals surface area contributed by atoms with Crippen molar-refractivity contribution in [3.05, 3.63) is 27.7 Å². The lowest BCUT2D eigenvalue weighted by Gasteiger charge is -2.07. The van der Waals surface area contributed by atoms with Crippen molar-refractivity contribution in [2.75, 3.05) is 11.8 Å². The van der Waals surface area contributed by atoms with E-state index in [1.807, 2.05) is 13.8 Å². The minimum atomic E-state index is -3.72. The van der Waals surface area contributed by atoms with E-state index in [2.05, 4.69) is 15.0 Å². The smallest absolute Gasteiger partial charge is 0.267 e. The molecule has 0 amide bonds. The highest BCUT2D eigenvalue weighted by Crippen LogP contribution is 2.30. The fraction of sp³-hybridized carbons (Fsp3) is 0.462. The Balaban J connectivity index is 2.44. The molecule has 21 heavy (non-hydrogen) atoms. The molecule has 0 aliphatic heterocycles. The molecule has 2 N–H and O–H groups in total. The van der Waals surface area contributed by atoms with Gasteiger partial charge in [-0.25, -0.2) is 13.4 Å². The summed E-state index contributed by atoms with van der Waals surface area (Å²) in [5.74, 6) is 0.990. The first kappa shape index (κ1) is 16.0. The maximum Gasteiger partial charge on any atom is 0.267 e. The van der Waals surface area contributed by atoms with Crippen LogP contribution in [-0.4, -0.2) is 20.4 Å².